The maximum Gasteiger partial charge on any atom is 0.264 e. The molecule has 0 atom stereocenters. The summed E-state index contributed by atoms with van der Waals surface area (Å²) < 4.78 is 33.7. The molecule has 2 amide bonds. The average Bonchev–Trinajstić information content (AvgIpc) is 3.01. The molecular weight excluding hydrogens is 552 g/mol. The molecule has 4 aromatic rings. The van der Waals surface area contributed by atoms with Gasteiger partial charge in [-0.3, -0.25) is 13.9 Å². The third-order valence-electron chi connectivity index (χ3n) is 6.25. The lowest BCUT2D eigenvalue weighted by Gasteiger charge is -2.25. The molecule has 216 valence electrons. The average molecular weight is 585 g/mol. The number of sulfonamides is 1. The van der Waals surface area contributed by atoms with Crippen molar-refractivity contribution in [2.75, 3.05) is 22.8 Å². The number of hydrogen-bond acceptors (Lipinski definition) is 6. The van der Waals surface area contributed by atoms with Gasteiger partial charge in [-0.1, -0.05) is 61.0 Å². The number of anilines is 2. The molecule has 9 nitrogen and oxygen atoms in total. The minimum absolute atomic E-state index is 0.0853. The highest BCUT2D eigenvalue weighted by Crippen LogP contribution is 2.27. The molecule has 2 N–H and O–H groups in total. The summed E-state index contributed by atoms with van der Waals surface area (Å²) in [6.07, 6.45) is 2.02. The molecule has 0 unspecified atom stereocenters. The van der Waals surface area contributed by atoms with Crippen molar-refractivity contribution in [1.29, 1.82) is 0 Å². The van der Waals surface area contributed by atoms with E-state index >= 15 is 0 Å². The number of carbonyl (C=O) groups is 2. The van der Waals surface area contributed by atoms with Gasteiger partial charge in [-0.25, -0.2) is 13.8 Å². The molecule has 0 radical (unpaired) electrons. The minimum Gasteiger partial charge on any atom is -0.484 e. The number of benzene rings is 4. The number of ether oxygens (including phenoxy) is 1. The van der Waals surface area contributed by atoms with Crippen LogP contribution < -0.4 is 19.8 Å². The van der Waals surface area contributed by atoms with Crippen LogP contribution in [0.1, 0.15) is 23.6 Å². The summed E-state index contributed by atoms with van der Waals surface area (Å²) in [5, 5.41) is 6.76. The minimum atomic E-state index is -4.02. The number of carbonyl (C=O) groups excluding carboxylic acids is 2. The number of aryl methyl sites for hydroxylation is 2. The van der Waals surface area contributed by atoms with Gasteiger partial charge < -0.3 is 10.1 Å². The highest BCUT2D eigenvalue weighted by molar-refractivity contribution is 7.92. The van der Waals surface area contributed by atoms with Gasteiger partial charge in [0.2, 0.25) is 0 Å². The van der Waals surface area contributed by atoms with Crippen molar-refractivity contribution in [1.82, 2.24) is 5.43 Å². The van der Waals surface area contributed by atoms with E-state index in [0.29, 0.717) is 29.1 Å². The first-order valence-corrected chi connectivity index (χ1v) is 14.8. The van der Waals surface area contributed by atoms with Crippen LogP contribution in [0.4, 0.5) is 11.4 Å². The van der Waals surface area contributed by atoms with E-state index in [0.717, 1.165) is 15.4 Å². The molecule has 42 heavy (non-hydrogen) atoms. The number of rotatable bonds is 12. The predicted molar refractivity (Wildman–Crippen MR) is 164 cm³/mol. The largest absolute Gasteiger partial charge is 0.484 e. The van der Waals surface area contributed by atoms with Crippen molar-refractivity contribution in [2.45, 2.75) is 25.2 Å². The zero-order valence-electron chi connectivity index (χ0n) is 23.4. The quantitative estimate of drug-likeness (QED) is 0.181. The summed E-state index contributed by atoms with van der Waals surface area (Å²) in [6, 6.07) is 29.3. The van der Waals surface area contributed by atoms with Crippen LogP contribution in [0.25, 0.3) is 0 Å². The Hall–Kier alpha value is -4.96. The van der Waals surface area contributed by atoms with Crippen LogP contribution in [0.2, 0.25) is 0 Å². The Morgan fingerprint density at radius 1 is 0.857 bits per heavy atom. The second kappa shape index (κ2) is 14.1. The maximum absolute atomic E-state index is 13.5. The van der Waals surface area contributed by atoms with Gasteiger partial charge in [0, 0.05) is 5.69 Å². The smallest absolute Gasteiger partial charge is 0.264 e. The second-order valence-corrected chi connectivity index (χ2v) is 11.2. The Morgan fingerprint density at radius 2 is 1.52 bits per heavy atom. The van der Waals surface area contributed by atoms with Gasteiger partial charge in [0.15, 0.2) is 6.61 Å². The molecule has 0 fully saturated rings. The van der Waals surface area contributed by atoms with Crippen molar-refractivity contribution < 1.29 is 22.7 Å². The molecule has 0 aliphatic rings. The molecule has 4 rings (SSSR count). The highest BCUT2D eigenvalue weighted by atomic mass is 32.2. The van der Waals surface area contributed by atoms with E-state index < -0.39 is 22.5 Å². The van der Waals surface area contributed by atoms with Crippen LogP contribution in [0, 0.1) is 6.92 Å². The van der Waals surface area contributed by atoms with E-state index in [4.69, 9.17) is 4.74 Å². The summed E-state index contributed by atoms with van der Waals surface area (Å²) in [7, 11) is -4.02. The first-order chi connectivity index (χ1) is 20.3. The van der Waals surface area contributed by atoms with E-state index in [1.807, 2.05) is 50.2 Å². The number of nitrogens with one attached hydrogen (secondary N) is 2. The van der Waals surface area contributed by atoms with Gasteiger partial charge in [-0.05, 0) is 79.1 Å². The summed E-state index contributed by atoms with van der Waals surface area (Å²) in [5.74, 6) is -0.389. The van der Waals surface area contributed by atoms with Gasteiger partial charge in [0.1, 0.15) is 12.3 Å². The van der Waals surface area contributed by atoms with Gasteiger partial charge in [-0.15, -0.1) is 0 Å². The summed E-state index contributed by atoms with van der Waals surface area (Å²) in [5.41, 5.74) is 6.10. The fraction of sp³-hybridized carbons (Fsp3) is 0.156. The fourth-order valence-electron chi connectivity index (χ4n) is 4.05. The maximum atomic E-state index is 13.5. The van der Waals surface area contributed by atoms with Crippen LogP contribution in [0.15, 0.2) is 113 Å². The summed E-state index contributed by atoms with van der Waals surface area (Å²) in [6.45, 7) is 3.29. The monoisotopic (exact) mass is 584 g/mol. The van der Waals surface area contributed by atoms with E-state index in [1.165, 1.54) is 18.3 Å². The second-order valence-electron chi connectivity index (χ2n) is 9.37. The van der Waals surface area contributed by atoms with E-state index in [2.05, 4.69) is 15.8 Å². The Balaban J connectivity index is 1.36. The van der Waals surface area contributed by atoms with Crippen molar-refractivity contribution in [2.24, 2.45) is 5.10 Å². The first kappa shape index (κ1) is 30.0. The van der Waals surface area contributed by atoms with Crippen molar-refractivity contribution in [3.05, 3.63) is 120 Å². The standard InChI is InChI=1S/C32H32N4O5S/c1-3-26-9-7-8-12-30(26)36(42(39,40)29-10-5-4-6-11-29)22-31(37)35-33-21-25-15-19-28(20-16-25)41-23-32(38)34-27-17-13-24(2)14-18-27/h4-21H,3,22-23H2,1-2H3,(H,34,38)(H,35,37)/b33-21-. The molecule has 0 saturated heterocycles. The van der Waals surface area contributed by atoms with Crippen molar-refractivity contribution in [3.8, 4) is 5.75 Å². The summed E-state index contributed by atoms with van der Waals surface area (Å²) >= 11 is 0. The highest BCUT2D eigenvalue weighted by Gasteiger charge is 2.28. The Labute approximate surface area is 245 Å². The number of nitrogens with zero attached hydrogens (tertiary/aromatic N) is 2. The normalized spacial score (nSPS) is 11.2. The lowest BCUT2D eigenvalue weighted by atomic mass is 10.1. The lowest BCUT2D eigenvalue weighted by Crippen LogP contribution is -2.40. The van der Waals surface area contributed by atoms with Gasteiger partial charge in [0.25, 0.3) is 21.8 Å². The summed E-state index contributed by atoms with van der Waals surface area (Å²) in [4.78, 5) is 25.1. The van der Waals surface area contributed by atoms with Crippen LogP contribution in [0.3, 0.4) is 0 Å². The van der Waals surface area contributed by atoms with E-state index in [1.54, 1.807) is 54.6 Å². The van der Waals surface area contributed by atoms with Crippen LogP contribution >= 0.6 is 0 Å². The molecule has 0 aliphatic carbocycles. The van der Waals surface area contributed by atoms with E-state index in [9.17, 15) is 18.0 Å². The number of amides is 2. The Kier molecular flexibility index (Phi) is 10.1. The van der Waals surface area contributed by atoms with Gasteiger partial charge in [-0.2, -0.15) is 5.10 Å². The molecule has 10 heteroatoms. The fourth-order valence-corrected chi connectivity index (χ4v) is 5.53. The predicted octanol–water partition coefficient (Wildman–Crippen LogP) is 4.92. The topological polar surface area (TPSA) is 117 Å². The number of hydrogen-bond donors (Lipinski definition) is 2. The third-order valence-corrected chi connectivity index (χ3v) is 8.02. The number of hydrazone groups is 1. The van der Waals surface area contributed by atoms with Crippen LogP contribution in [-0.2, 0) is 26.0 Å². The molecule has 0 aromatic heterocycles. The van der Waals surface area contributed by atoms with Crippen LogP contribution in [-0.4, -0.2) is 39.6 Å². The van der Waals surface area contributed by atoms with Crippen LogP contribution in [0.5, 0.6) is 5.75 Å². The first-order valence-electron chi connectivity index (χ1n) is 13.3. The Bertz CT molecular complexity index is 1640. The van der Waals surface area contributed by atoms with Gasteiger partial charge in [0.05, 0.1) is 16.8 Å². The SMILES string of the molecule is CCc1ccccc1N(CC(=O)N/N=C\c1ccc(OCC(=O)Nc2ccc(C)cc2)cc1)S(=O)(=O)c1ccccc1. The molecule has 0 heterocycles. The Morgan fingerprint density at radius 3 is 2.21 bits per heavy atom. The zero-order chi connectivity index (χ0) is 30.0. The van der Waals surface area contributed by atoms with Gasteiger partial charge >= 0.3 is 0 Å². The molecule has 0 saturated carbocycles. The van der Waals surface area contributed by atoms with Crippen molar-refractivity contribution in [3.63, 3.8) is 0 Å². The molecular formula is C32H32N4O5S. The van der Waals surface area contributed by atoms with E-state index in [-0.39, 0.29) is 17.4 Å². The zero-order valence-corrected chi connectivity index (χ0v) is 24.2. The third kappa shape index (κ3) is 8.05. The van der Waals surface area contributed by atoms with Crippen molar-refractivity contribution >= 4 is 39.4 Å². The molecule has 0 spiro atoms. The molecule has 4 aromatic carbocycles. The molecule has 0 bridgehead atoms. The number of para-hydroxylation sites is 1. The molecule has 0 aliphatic heterocycles. The lowest BCUT2D eigenvalue weighted by molar-refractivity contribution is -0.119.